The van der Waals surface area contributed by atoms with E-state index >= 15 is 0 Å². The predicted molar refractivity (Wildman–Crippen MR) is 109 cm³/mol. The first kappa shape index (κ1) is 22.1. The van der Waals surface area contributed by atoms with E-state index in [4.69, 9.17) is 16.3 Å². The molecule has 0 unspecified atom stereocenters. The number of nitrogens with zero attached hydrogens (tertiary/aromatic N) is 1. The minimum atomic E-state index is -2.85. The molecular formula is C19H18ClF2N3O4S. The van der Waals surface area contributed by atoms with E-state index in [1.807, 2.05) is 0 Å². The number of amides is 3. The largest absolute Gasteiger partial charge is 0.370 e. The number of benzene rings is 1. The normalized spacial score (nSPS) is 14.1. The van der Waals surface area contributed by atoms with Crippen molar-refractivity contribution in [1.82, 2.24) is 5.32 Å². The van der Waals surface area contributed by atoms with E-state index in [0.29, 0.717) is 21.5 Å². The van der Waals surface area contributed by atoms with Gasteiger partial charge in [-0.1, -0.05) is 11.6 Å². The van der Waals surface area contributed by atoms with E-state index in [1.165, 1.54) is 23.1 Å². The lowest BCUT2D eigenvalue weighted by Gasteiger charge is -2.27. The van der Waals surface area contributed by atoms with Gasteiger partial charge in [0.05, 0.1) is 15.8 Å². The van der Waals surface area contributed by atoms with Crippen molar-refractivity contribution in [3.63, 3.8) is 0 Å². The Morgan fingerprint density at radius 2 is 2.07 bits per heavy atom. The fourth-order valence-electron chi connectivity index (χ4n) is 2.83. The van der Waals surface area contributed by atoms with Gasteiger partial charge in [-0.2, -0.15) is 0 Å². The molecule has 11 heteroatoms. The number of thiophene rings is 1. The van der Waals surface area contributed by atoms with Crippen molar-refractivity contribution in [3.05, 3.63) is 45.1 Å². The fraction of sp³-hybridized carbons (Fsp3) is 0.316. The predicted octanol–water partition coefficient (Wildman–Crippen LogP) is 3.46. The van der Waals surface area contributed by atoms with E-state index < -0.39 is 17.9 Å². The average molecular weight is 458 g/mol. The van der Waals surface area contributed by atoms with Crippen LogP contribution in [0.15, 0.2) is 30.3 Å². The summed E-state index contributed by atoms with van der Waals surface area (Å²) in [5, 5.41) is 5.01. The topological polar surface area (TPSA) is 87.7 Å². The summed E-state index contributed by atoms with van der Waals surface area (Å²) in [5.74, 6) is -1.22. The van der Waals surface area contributed by atoms with Crippen molar-refractivity contribution < 1.29 is 27.9 Å². The smallest absolute Gasteiger partial charge is 0.265 e. The molecule has 7 nitrogen and oxygen atoms in total. The Hall–Kier alpha value is -2.56. The van der Waals surface area contributed by atoms with Crippen molar-refractivity contribution in [1.29, 1.82) is 0 Å². The van der Waals surface area contributed by atoms with Crippen LogP contribution in [-0.2, 0) is 14.3 Å². The number of anilines is 2. The molecule has 1 aliphatic heterocycles. The van der Waals surface area contributed by atoms with E-state index in [0.717, 1.165) is 11.3 Å². The van der Waals surface area contributed by atoms with Crippen LogP contribution in [0, 0.1) is 0 Å². The zero-order valence-corrected chi connectivity index (χ0v) is 17.2. The average Bonchev–Trinajstić information content (AvgIpc) is 3.15. The van der Waals surface area contributed by atoms with Crippen LogP contribution in [0.4, 0.5) is 20.2 Å². The molecule has 0 aliphatic carbocycles. The minimum absolute atomic E-state index is 0.0323. The molecule has 0 saturated carbocycles. The molecule has 0 spiro atoms. The summed E-state index contributed by atoms with van der Waals surface area (Å²) in [6.45, 7) is 0.510. The third-order valence-corrected chi connectivity index (χ3v) is 5.51. The first-order valence-corrected chi connectivity index (χ1v) is 10.2. The quantitative estimate of drug-likeness (QED) is 0.666. The molecular weight excluding hydrogens is 440 g/mol. The lowest BCUT2D eigenvalue weighted by Crippen LogP contribution is -2.41. The highest BCUT2D eigenvalue weighted by Crippen LogP contribution is 2.32. The number of morpholine rings is 1. The summed E-state index contributed by atoms with van der Waals surface area (Å²) < 4.78 is 32.6. The van der Waals surface area contributed by atoms with Gasteiger partial charge in [0.1, 0.15) is 6.61 Å². The molecule has 1 aliphatic rings. The summed E-state index contributed by atoms with van der Waals surface area (Å²) in [5.41, 5.74) is -0.119. The Labute approximate surface area is 179 Å². The second kappa shape index (κ2) is 9.96. The lowest BCUT2D eigenvalue weighted by atomic mass is 10.1. The van der Waals surface area contributed by atoms with Crippen LogP contribution >= 0.6 is 22.9 Å². The second-order valence-electron chi connectivity index (χ2n) is 6.33. The summed E-state index contributed by atoms with van der Waals surface area (Å²) in [6.07, 6.45) is -2.95. The molecule has 0 bridgehead atoms. The highest BCUT2D eigenvalue weighted by atomic mass is 35.5. The maximum absolute atomic E-state index is 13.5. The van der Waals surface area contributed by atoms with Crippen LogP contribution in [0.3, 0.4) is 0 Å². The Kier molecular flexibility index (Phi) is 7.35. The van der Waals surface area contributed by atoms with Crippen molar-refractivity contribution >= 4 is 52.0 Å². The standard InChI is InChI=1S/C19H18ClF2N3O4S/c20-15-4-3-14(30-15)19(28)23-6-5-16(26)24-13-2-1-11(9-12(13)18(21)22)25-7-8-29-10-17(25)27/h1-4,9,18H,5-8,10H2,(H,23,28)(H,24,26). The van der Waals surface area contributed by atoms with Crippen LogP contribution in [0.5, 0.6) is 0 Å². The number of carbonyl (C=O) groups excluding carboxylic acids is 3. The maximum atomic E-state index is 13.5. The summed E-state index contributed by atoms with van der Waals surface area (Å²) in [6, 6.07) is 7.18. The van der Waals surface area contributed by atoms with E-state index in [9.17, 15) is 23.2 Å². The Balaban J connectivity index is 1.60. The molecule has 1 fully saturated rings. The number of hydrogen-bond acceptors (Lipinski definition) is 5. The van der Waals surface area contributed by atoms with E-state index in [-0.39, 0.29) is 43.6 Å². The van der Waals surface area contributed by atoms with Crippen LogP contribution in [-0.4, -0.2) is 44.0 Å². The SMILES string of the molecule is O=C(CCNC(=O)c1ccc(Cl)s1)Nc1ccc(N2CCOCC2=O)cc1C(F)F. The molecule has 2 N–H and O–H groups in total. The molecule has 1 saturated heterocycles. The maximum Gasteiger partial charge on any atom is 0.265 e. The van der Waals surface area contributed by atoms with Crippen molar-refractivity contribution in [2.75, 3.05) is 36.5 Å². The summed E-state index contributed by atoms with van der Waals surface area (Å²) in [7, 11) is 0. The van der Waals surface area contributed by atoms with Gasteiger partial charge in [-0.05, 0) is 30.3 Å². The van der Waals surface area contributed by atoms with Gasteiger partial charge in [-0.3, -0.25) is 14.4 Å². The Bertz CT molecular complexity index is 954. The van der Waals surface area contributed by atoms with Crippen molar-refractivity contribution in [2.45, 2.75) is 12.8 Å². The monoisotopic (exact) mass is 457 g/mol. The number of carbonyl (C=O) groups is 3. The molecule has 160 valence electrons. The van der Waals surface area contributed by atoms with Crippen LogP contribution in [0.2, 0.25) is 4.34 Å². The highest BCUT2D eigenvalue weighted by molar-refractivity contribution is 7.18. The zero-order valence-electron chi connectivity index (χ0n) is 15.6. The van der Waals surface area contributed by atoms with Gasteiger partial charge in [0, 0.05) is 36.4 Å². The fourth-order valence-corrected chi connectivity index (χ4v) is 3.79. The molecule has 1 aromatic heterocycles. The van der Waals surface area contributed by atoms with Crippen molar-refractivity contribution in [2.24, 2.45) is 0 Å². The number of ether oxygens (including phenoxy) is 1. The third-order valence-electron chi connectivity index (χ3n) is 4.28. The molecule has 0 atom stereocenters. The zero-order chi connectivity index (χ0) is 21.7. The van der Waals surface area contributed by atoms with Crippen LogP contribution in [0.1, 0.15) is 28.1 Å². The molecule has 2 aromatic rings. The summed E-state index contributed by atoms with van der Waals surface area (Å²) in [4.78, 5) is 37.8. The molecule has 2 heterocycles. The number of rotatable bonds is 7. The van der Waals surface area contributed by atoms with Gasteiger partial charge in [0.25, 0.3) is 18.2 Å². The van der Waals surface area contributed by atoms with Gasteiger partial charge in [0.2, 0.25) is 5.91 Å². The first-order chi connectivity index (χ1) is 14.3. The number of hydrogen-bond donors (Lipinski definition) is 2. The van der Waals surface area contributed by atoms with Gasteiger partial charge in [-0.25, -0.2) is 8.78 Å². The van der Waals surface area contributed by atoms with Gasteiger partial charge in [-0.15, -0.1) is 11.3 Å². The number of nitrogens with one attached hydrogen (secondary N) is 2. The summed E-state index contributed by atoms with van der Waals surface area (Å²) >= 11 is 6.88. The van der Waals surface area contributed by atoms with Gasteiger partial charge >= 0.3 is 0 Å². The Morgan fingerprint density at radius 1 is 1.27 bits per heavy atom. The van der Waals surface area contributed by atoms with Gasteiger partial charge in [0.15, 0.2) is 0 Å². The molecule has 3 rings (SSSR count). The van der Waals surface area contributed by atoms with Crippen LogP contribution < -0.4 is 15.5 Å². The molecule has 30 heavy (non-hydrogen) atoms. The molecule has 3 amide bonds. The van der Waals surface area contributed by atoms with E-state index in [2.05, 4.69) is 10.6 Å². The molecule has 1 aromatic carbocycles. The highest BCUT2D eigenvalue weighted by Gasteiger charge is 2.23. The minimum Gasteiger partial charge on any atom is -0.370 e. The number of alkyl halides is 2. The van der Waals surface area contributed by atoms with E-state index in [1.54, 1.807) is 12.1 Å². The van der Waals surface area contributed by atoms with Gasteiger partial charge < -0.3 is 20.3 Å². The first-order valence-electron chi connectivity index (χ1n) is 8.98. The third kappa shape index (κ3) is 5.53. The van der Waals surface area contributed by atoms with Crippen LogP contribution in [0.25, 0.3) is 0 Å². The van der Waals surface area contributed by atoms with Crippen molar-refractivity contribution in [3.8, 4) is 0 Å². The number of halogens is 3. The molecule has 0 radical (unpaired) electrons. The Morgan fingerprint density at radius 3 is 2.73 bits per heavy atom. The second-order valence-corrected chi connectivity index (χ2v) is 8.04. The lowest BCUT2D eigenvalue weighted by molar-refractivity contribution is -0.125.